The highest BCUT2D eigenvalue weighted by molar-refractivity contribution is 7.92. The fourth-order valence-electron chi connectivity index (χ4n) is 3.15. The number of nitrogens with zero attached hydrogens (tertiary/aromatic N) is 1. The largest absolute Gasteiger partial charge is 0.495 e. The first-order valence-electron chi connectivity index (χ1n) is 9.44. The highest BCUT2D eigenvalue weighted by atomic mass is 32.2. The van der Waals surface area contributed by atoms with Crippen molar-refractivity contribution < 1.29 is 22.9 Å². The van der Waals surface area contributed by atoms with Crippen molar-refractivity contribution in [1.29, 1.82) is 0 Å². The van der Waals surface area contributed by atoms with Crippen LogP contribution >= 0.6 is 0 Å². The van der Waals surface area contributed by atoms with Crippen LogP contribution in [0.15, 0.2) is 65.6 Å². The van der Waals surface area contributed by atoms with Crippen LogP contribution in [0.2, 0.25) is 0 Å². The smallest absolute Gasteiger partial charge is 0.271 e. The number of non-ortho nitro benzene ring substituents is 1. The monoisotopic (exact) mass is 455 g/mol. The van der Waals surface area contributed by atoms with Crippen molar-refractivity contribution in [1.82, 2.24) is 0 Å². The second kappa shape index (κ2) is 9.06. The van der Waals surface area contributed by atoms with Gasteiger partial charge in [0, 0.05) is 23.4 Å². The summed E-state index contributed by atoms with van der Waals surface area (Å²) < 4.78 is 33.2. The first-order valence-corrected chi connectivity index (χ1v) is 10.9. The fourth-order valence-corrected chi connectivity index (χ4v) is 4.25. The number of sulfonamides is 1. The van der Waals surface area contributed by atoms with E-state index in [1.165, 1.54) is 43.5 Å². The Labute approximate surface area is 185 Å². The van der Waals surface area contributed by atoms with E-state index in [2.05, 4.69) is 10.0 Å². The van der Waals surface area contributed by atoms with Crippen molar-refractivity contribution in [3.8, 4) is 5.75 Å². The third-order valence-corrected chi connectivity index (χ3v) is 5.89. The molecule has 0 saturated heterocycles. The van der Waals surface area contributed by atoms with Gasteiger partial charge >= 0.3 is 0 Å². The lowest BCUT2D eigenvalue weighted by molar-refractivity contribution is -0.384. The standard InChI is InChI=1S/C22H21N3O6S/c1-14-9-15(2)11-17(10-14)23-22(26)16-5-4-6-19(12-16)32(29,30)24-20-13-18(25(27)28)7-8-21(20)31-3/h4-13,24H,1-3H3,(H,23,26). The summed E-state index contributed by atoms with van der Waals surface area (Å²) in [6, 6.07) is 14.6. The van der Waals surface area contributed by atoms with E-state index in [4.69, 9.17) is 4.74 Å². The second-order valence-electron chi connectivity index (χ2n) is 7.11. The minimum atomic E-state index is -4.16. The lowest BCUT2D eigenvalue weighted by atomic mass is 10.1. The molecule has 0 bridgehead atoms. The summed E-state index contributed by atoms with van der Waals surface area (Å²) in [7, 11) is -2.85. The number of methoxy groups -OCH3 is 1. The molecule has 0 radical (unpaired) electrons. The van der Waals surface area contributed by atoms with Crippen LogP contribution in [0.5, 0.6) is 5.75 Å². The minimum Gasteiger partial charge on any atom is -0.495 e. The third-order valence-electron chi connectivity index (χ3n) is 4.52. The minimum absolute atomic E-state index is 0.0909. The predicted octanol–water partition coefficient (Wildman–Crippen LogP) is 4.27. The molecule has 166 valence electrons. The lowest BCUT2D eigenvalue weighted by Crippen LogP contribution is -2.16. The number of nitrogens with one attached hydrogen (secondary N) is 2. The predicted molar refractivity (Wildman–Crippen MR) is 121 cm³/mol. The molecule has 0 aliphatic carbocycles. The number of ether oxygens (including phenoxy) is 1. The zero-order chi connectivity index (χ0) is 23.5. The molecule has 0 atom stereocenters. The van der Waals surface area contributed by atoms with E-state index in [-0.39, 0.29) is 27.6 Å². The number of hydrogen-bond acceptors (Lipinski definition) is 6. The highest BCUT2D eigenvalue weighted by Crippen LogP contribution is 2.31. The molecule has 9 nitrogen and oxygen atoms in total. The van der Waals surface area contributed by atoms with Gasteiger partial charge in [-0.1, -0.05) is 12.1 Å². The van der Waals surface area contributed by atoms with Gasteiger partial charge < -0.3 is 10.1 Å². The van der Waals surface area contributed by atoms with Gasteiger partial charge in [0.2, 0.25) is 0 Å². The lowest BCUT2D eigenvalue weighted by Gasteiger charge is -2.13. The van der Waals surface area contributed by atoms with Crippen LogP contribution in [0.1, 0.15) is 21.5 Å². The van der Waals surface area contributed by atoms with Gasteiger partial charge in [0.05, 0.1) is 22.6 Å². The first kappa shape index (κ1) is 22.8. The Morgan fingerprint density at radius 2 is 1.69 bits per heavy atom. The van der Waals surface area contributed by atoms with Crippen molar-refractivity contribution in [2.45, 2.75) is 18.7 Å². The number of amides is 1. The number of aryl methyl sites for hydroxylation is 2. The van der Waals surface area contributed by atoms with Crippen LogP contribution in [0, 0.1) is 24.0 Å². The van der Waals surface area contributed by atoms with E-state index in [0.717, 1.165) is 17.2 Å². The summed E-state index contributed by atoms with van der Waals surface area (Å²) in [5.41, 5.74) is 2.30. The van der Waals surface area contributed by atoms with Crippen molar-refractivity contribution in [3.05, 3.63) is 87.5 Å². The number of nitro benzene ring substituents is 1. The molecule has 3 aromatic rings. The maximum atomic E-state index is 12.9. The number of carbonyl (C=O) groups excluding carboxylic acids is 1. The number of hydrogen-bond donors (Lipinski definition) is 2. The topological polar surface area (TPSA) is 128 Å². The molecular weight excluding hydrogens is 434 g/mol. The molecule has 32 heavy (non-hydrogen) atoms. The Hall–Kier alpha value is -3.92. The molecule has 0 fully saturated rings. The molecule has 3 aromatic carbocycles. The molecule has 0 aromatic heterocycles. The maximum Gasteiger partial charge on any atom is 0.271 e. The highest BCUT2D eigenvalue weighted by Gasteiger charge is 2.20. The molecule has 0 aliphatic heterocycles. The Balaban J connectivity index is 1.89. The van der Waals surface area contributed by atoms with Gasteiger partial charge in [-0.25, -0.2) is 8.42 Å². The average Bonchev–Trinajstić information content (AvgIpc) is 2.72. The molecule has 0 unspecified atom stereocenters. The van der Waals surface area contributed by atoms with Gasteiger partial charge in [-0.05, 0) is 61.4 Å². The molecule has 0 spiro atoms. The average molecular weight is 455 g/mol. The molecule has 0 saturated carbocycles. The Kier molecular flexibility index (Phi) is 6.45. The summed E-state index contributed by atoms with van der Waals surface area (Å²) in [6.45, 7) is 3.81. The quantitative estimate of drug-likeness (QED) is 0.404. The third kappa shape index (κ3) is 5.22. The Morgan fingerprint density at radius 3 is 2.31 bits per heavy atom. The van der Waals surface area contributed by atoms with Gasteiger partial charge in [-0.15, -0.1) is 0 Å². The molecule has 0 heterocycles. The molecule has 0 aliphatic rings. The summed E-state index contributed by atoms with van der Waals surface area (Å²) >= 11 is 0. The van der Waals surface area contributed by atoms with Crippen molar-refractivity contribution >= 4 is 33.0 Å². The van der Waals surface area contributed by atoms with Crippen LogP contribution in [0.3, 0.4) is 0 Å². The van der Waals surface area contributed by atoms with Crippen LogP contribution in [0.25, 0.3) is 0 Å². The van der Waals surface area contributed by atoms with Gasteiger partial charge in [0.25, 0.3) is 21.6 Å². The van der Waals surface area contributed by atoms with Gasteiger partial charge in [-0.2, -0.15) is 0 Å². The number of anilines is 2. The molecule has 2 N–H and O–H groups in total. The van der Waals surface area contributed by atoms with Gasteiger partial charge in [0.15, 0.2) is 0 Å². The Morgan fingerprint density at radius 1 is 1.00 bits per heavy atom. The number of nitro groups is 1. The number of rotatable bonds is 7. The fraction of sp³-hybridized carbons (Fsp3) is 0.136. The summed E-state index contributed by atoms with van der Waals surface area (Å²) in [4.78, 5) is 22.9. The maximum absolute atomic E-state index is 12.9. The van der Waals surface area contributed by atoms with E-state index in [9.17, 15) is 23.3 Å². The van der Waals surface area contributed by atoms with Crippen LogP contribution < -0.4 is 14.8 Å². The van der Waals surface area contributed by atoms with Gasteiger partial charge in [0.1, 0.15) is 5.75 Å². The summed E-state index contributed by atoms with van der Waals surface area (Å²) in [6.07, 6.45) is 0. The SMILES string of the molecule is COc1ccc([N+](=O)[O-])cc1NS(=O)(=O)c1cccc(C(=O)Nc2cc(C)cc(C)c2)c1. The zero-order valence-corrected chi connectivity index (χ0v) is 18.4. The molecular formula is C22H21N3O6S. The summed E-state index contributed by atoms with van der Waals surface area (Å²) in [5.74, 6) is -0.358. The molecule has 1 amide bonds. The van der Waals surface area contributed by atoms with E-state index < -0.39 is 20.9 Å². The second-order valence-corrected chi connectivity index (χ2v) is 8.79. The van der Waals surface area contributed by atoms with E-state index >= 15 is 0 Å². The molecule has 3 rings (SSSR count). The van der Waals surface area contributed by atoms with Crippen LogP contribution in [0.4, 0.5) is 17.1 Å². The van der Waals surface area contributed by atoms with Gasteiger partial charge in [-0.3, -0.25) is 19.6 Å². The van der Waals surface area contributed by atoms with E-state index in [0.29, 0.717) is 5.69 Å². The van der Waals surface area contributed by atoms with Crippen molar-refractivity contribution in [3.63, 3.8) is 0 Å². The van der Waals surface area contributed by atoms with Crippen molar-refractivity contribution in [2.24, 2.45) is 0 Å². The van der Waals surface area contributed by atoms with Crippen LogP contribution in [-0.2, 0) is 10.0 Å². The van der Waals surface area contributed by atoms with E-state index in [1.54, 1.807) is 0 Å². The normalized spacial score (nSPS) is 11.0. The number of carbonyl (C=O) groups is 1. The molecule has 10 heteroatoms. The Bertz CT molecular complexity index is 1280. The first-order chi connectivity index (χ1) is 15.1. The number of benzene rings is 3. The zero-order valence-electron chi connectivity index (χ0n) is 17.6. The van der Waals surface area contributed by atoms with Crippen molar-refractivity contribution in [2.75, 3.05) is 17.1 Å². The van der Waals surface area contributed by atoms with Crippen LogP contribution in [-0.4, -0.2) is 26.4 Å². The van der Waals surface area contributed by atoms with E-state index in [1.807, 2.05) is 32.0 Å². The summed E-state index contributed by atoms with van der Waals surface area (Å²) in [5, 5.41) is 13.8.